The summed E-state index contributed by atoms with van der Waals surface area (Å²) in [6.07, 6.45) is 2.15. The quantitative estimate of drug-likeness (QED) is 0.785. The Kier molecular flexibility index (Phi) is 4.04. The minimum absolute atomic E-state index is 0. The van der Waals surface area contributed by atoms with Crippen LogP contribution in [0, 0.1) is 0 Å². The molecule has 6 heteroatoms. The molecule has 0 unspecified atom stereocenters. The van der Waals surface area contributed by atoms with E-state index in [1.807, 2.05) is 34.9 Å². The van der Waals surface area contributed by atoms with E-state index >= 15 is 0 Å². The monoisotopic (exact) mass is 340 g/mol. The van der Waals surface area contributed by atoms with Gasteiger partial charge in [0.2, 0.25) is 0 Å². The summed E-state index contributed by atoms with van der Waals surface area (Å²) in [4.78, 5) is 6.97. The maximum atomic E-state index is 4.59. The van der Waals surface area contributed by atoms with E-state index in [1.165, 1.54) is 30.8 Å². The highest BCUT2D eigenvalue weighted by Gasteiger charge is 2.33. The van der Waals surface area contributed by atoms with E-state index in [4.69, 9.17) is 0 Å². The minimum Gasteiger partial charge on any atom is -0.317 e. The van der Waals surface area contributed by atoms with Gasteiger partial charge in [-0.05, 0) is 35.5 Å². The van der Waals surface area contributed by atoms with Gasteiger partial charge in [0.15, 0.2) is 5.17 Å². The summed E-state index contributed by atoms with van der Waals surface area (Å²) in [7, 11) is 0. The topological polar surface area (TPSA) is 15.6 Å². The summed E-state index contributed by atoms with van der Waals surface area (Å²) >= 11 is 5.45. The second-order valence-electron chi connectivity index (χ2n) is 4.40. The molecule has 0 fully saturated rings. The number of hydrogen-bond acceptors (Lipinski definition) is 5. The van der Waals surface area contributed by atoms with Crippen molar-refractivity contribution >= 4 is 68.2 Å². The van der Waals surface area contributed by atoms with Crippen molar-refractivity contribution in [3.63, 3.8) is 0 Å². The molecular formula is C14H13ClN2S3. The first-order valence-corrected chi connectivity index (χ1v) is 9.05. The molecule has 3 heterocycles. The Balaban J connectivity index is 0.00000121. The molecule has 0 atom stereocenters. The van der Waals surface area contributed by atoms with E-state index in [1.54, 1.807) is 0 Å². The van der Waals surface area contributed by atoms with Gasteiger partial charge in [0.05, 0.1) is 16.5 Å². The number of thiophene rings is 1. The molecule has 0 saturated carbocycles. The van der Waals surface area contributed by atoms with Crippen LogP contribution >= 0.6 is 47.3 Å². The van der Waals surface area contributed by atoms with Crippen LogP contribution in [0.4, 0.5) is 0 Å². The predicted molar refractivity (Wildman–Crippen MR) is 96.1 cm³/mol. The molecular weight excluding hydrogens is 328 g/mol. The zero-order chi connectivity index (χ0) is 12.8. The molecule has 1 aromatic carbocycles. The molecule has 0 radical (unpaired) electrons. The van der Waals surface area contributed by atoms with Crippen LogP contribution in [0.5, 0.6) is 0 Å². The highest BCUT2D eigenvalue weighted by molar-refractivity contribution is 8.30. The van der Waals surface area contributed by atoms with Gasteiger partial charge in [0.25, 0.3) is 0 Å². The highest BCUT2D eigenvalue weighted by atomic mass is 35.5. The zero-order valence-corrected chi connectivity index (χ0v) is 14.1. The predicted octanol–water partition coefficient (Wildman–Crippen LogP) is 4.73. The van der Waals surface area contributed by atoms with Crippen LogP contribution in [0.1, 0.15) is 5.56 Å². The number of thioether (sulfide) groups is 2. The van der Waals surface area contributed by atoms with Crippen molar-refractivity contribution in [3.8, 4) is 0 Å². The van der Waals surface area contributed by atoms with Gasteiger partial charge in [-0.2, -0.15) is 0 Å². The third kappa shape index (κ3) is 2.08. The number of hydrogen-bond donors (Lipinski definition) is 0. The van der Waals surface area contributed by atoms with E-state index in [2.05, 4.69) is 45.8 Å². The number of aliphatic imine (C=N–C) groups is 1. The van der Waals surface area contributed by atoms with Crippen molar-refractivity contribution in [1.29, 1.82) is 0 Å². The van der Waals surface area contributed by atoms with Crippen molar-refractivity contribution in [1.82, 2.24) is 4.90 Å². The van der Waals surface area contributed by atoms with Crippen molar-refractivity contribution in [2.75, 3.05) is 19.3 Å². The molecule has 0 spiro atoms. The van der Waals surface area contributed by atoms with Gasteiger partial charge in [-0.15, -0.1) is 35.5 Å². The van der Waals surface area contributed by atoms with Crippen molar-refractivity contribution < 1.29 is 0 Å². The third-order valence-corrected chi connectivity index (χ3v) is 6.49. The summed E-state index contributed by atoms with van der Waals surface area (Å²) in [5.74, 6) is 0. The maximum absolute atomic E-state index is 4.59. The summed E-state index contributed by atoms with van der Waals surface area (Å²) in [5.41, 5.74) is 2.71. The Morgan fingerprint density at radius 2 is 2.20 bits per heavy atom. The van der Waals surface area contributed by atoms with Gasteiger partial charge in [-0.3, -0.25) is 4.99 Å². The second kappa shape index (κ2) is 5.64. The molecule has 0 amide bonds. The normalized spacial score (nSPS) is 17.4. The van der Waals surface area contributed by atoms with Crippen LogP contribution in [-0.4, -0.2) is 29.4 Å². The number of benzene rings is 1. The molecule has 2 nitrogen and oxygen atoms in total. The lowest BCUT2D eigenvalue weighted by Gasteiger charge is -2.17. The van der Waals surface area contributed by atoms with Gasteiger partial charge in [0, 0.05) is 22.2 Å². The highest BCUT2D eigenvalue weighted by Crippen LogP contribution is 2.47. The van der Waals surface area contributed by atoms with E-state index in [-0.39, 0.29) is 12.4 Å². The molecule has 20 heavy (non-hydrogen) atoms. The molecule has 2 aliphatic rings. The molecule has 0 aliphatic carbocycles. The van der Waals surface area contributed by atoms with Gasteiger partial charge < -0.3 is 4.90 Å². The van der Waals surface area contributed by atoms with Crippen LogP contribution in [0.3, 0.4) is 0 Å². The van der Waals surface area contributed by atoms with Gasteiger partial charge in [0.1, 0.15) is 0 Å². The van der Waals surface area contributed by atoms with E-state index in [9.17, 15) is 0 Å². The lowest BCUT2D eigenvalue weighted by molar-refractivity contribution is 0.650. The van der Waals surface area contributed by atoms with Crippen molar-refractivity contribution in [2.45, 2.75) is 0 Å². The molecule has 2 aromatic rings. The first kappa shape index (κ1) is 14.3. The van der Waals surface area contributed by atoms with Crippen molar-refractivity contribution in [2.24, 2.45) is 4.99 Å². The molecule has 0 saturated heterocycles. The summed E-state index contributed by atoms with van der Waals surface area (Å²) < 4.78 is 2.73. The van der Waals surface area contributed by atoms with E-state index in [0.717, 1.165) is 13.1 Å². The number of rotatable bonds is 2. The zero-order valence-electron chi connectivity index (χ0n) is 10.8. The van der Waals surface area contributed by atoms with Crippen LogP contribution < -0.4 is 0 Å². The molecule has 0 N–H and O–H groups in total. The fraction of sp³-hybridized carbons (Fsp3) is 0.214. The first-order valence-electron chi connectivity index (χ1n) is 6.13. The Labute approximate surface area is 136 Å². The molecule has 104 valence electrons. The largest absolute Gasteiger partial charge is 0.317 e. The SMILES string of the molecule is CSC1=C(c2cccc3sccc23)N2CCN=C2S1.Cl. The molecule has 2 aliphatic heterocycles. The Morgan fingerprint density at radius 3 is 3.05 bits per heavy atom. The second-order valence-corrected chi connectivity index (χ2v) is 7.40. The Bertz CT molecular complexity index is 720. The number of amidine groups is 1. The Morgan fingerprint density at radius 1 is 1.30 bits per heavy atom. The Hall–Kier alpha value is -0.620. The summed E-state index contributed by atoms with van der Waals surface area (Å²) in [6.45, 7) is 1.94. The van der Waals surface area contributed by atoms with Crippen LogP contribution in [-0.2, 0) is 0 Å². The fourth-order valence-electron chi connectivity index (χ4n) is 2.56. The van der Waals surface area contributed by atoms with Gasteiger partial charge in [-0.1, -0.05) is 12.1 Å². The molecule has 1 aromatic heterocycles. The van der Waals surface area contributed by atoms with Gasteiger partial charge in [-0.25, -0.2) is 0 Å². The van der Waals surface area contributed by atoms with Crippen LogP contribution in [0.2, 0.25) is 0 Å². The number of halogens is 1. The maximum Gasteiger partial charge on any atom is 0.169 e. The lowest BCUT2D eigenvalue weighted by Crippen LogP contribution is -2.20. The molecule has 4 rings (SSSR count). The smallest absolute Gasteiger partial charge is 0.169 e. The van der Waals surface area contributed by atoms with Crippen LogP contribution in [0.15, 0.2) is 38.9 Å². The first-order chi connectivity index (χ1) is 9.38. The number of fused-ring (bicyclic) bond motifs is 2. The lowest BCUT2D eigenvalue weighted by atomic mass is 10.1. The van der Waals surface area contributed by atoms with Gasteiger partial charge >= 0.3 is 0 Å². The number of nitrogens with zero attached hydrogens (tertiary/aromatic N) is 2. The van der Waals surface area contributed by atoms with Crippen LogP contribution in [0.25, 0.3) is 15.8 Å². The summed E-state index contributed by atoms with van der Waals surface area (Å²) in [6, 6.07) is 8.83. The third-order valence-electron chi connectivity index (χ3n) is 3.39. The minimum atomic E-state index is 0. The average molecular weight is 341 g/mol. The average Bonchev–Trinajstić information content (AvgIpc) is 3.12. The van der Waals surface area contributed by atoms with E-state index in [0.29, 0.717) is 0 Å². The standard InChI is InChI=1S/C14H12N2S3.ClH/c1-17-13-12(16-7-6-15-14(16)19-13)10-3-2-4-11-9(10)5-8-18-11;/h2-5,8H,6-7H2,1H3;1H. The molecule has 0 bridgehead atoms. The summed E-state index contributed by atoms with van der Waals surface area (Å²) in [5, 5.41) is 4.71. The van der Waals surface area contributed by atoms with Crippen molar-refractivity contribution in [3.05, 3.63) is 39.4 Å². The fourth-order valence-corrected chi connectivity index (χ4v) is 5.27. The van der Waals surface area contributed by atoms with E-state index < -0.39 is 0 Å².